The third-order valence-electron chi connectivity index (χ3n) is 2.77. The van der Waals surface area contributed by atoms with Gasteiger partial charge in [-0.05, 0) is 12.8 Å². The quantitative estimate of drug-likeness (QED) is 0.516. The summed E-state index contributed by atoms with van der Waals surface area (Å²) < 4.78 is 5.32. The molecule has 0 aromatic carbocycles. The molecule has 52 valence electrons. The molecule has 1 heterocycles. The number of fused-ring (bicyclic) bond motifs is 1. The van der Waals surface area contributed by atoms with E-state index in [4.69, 9.17) is 4.74 Å². The molecule has 2 nitrogen and oxygen atoms in total. The van der Waals surface area contributed by atoms with E-state index in [1.165, 1.54) is 0 Å². The SMILES string of the molecule is C[C@@H]1CO[C@@H]2CC[C@]12O. The molecule has 0 amide bonds. The zero-order valence-electron chi connectivity index (χ0n) is 5.63. The molecule has 2 heteroatoms. The Kier molecular flexibility index (Phi) is 0.945. The average molecular weight is 128 g/mol. The molecule has 3 atom stereocenters. The van der Waals surface area contributed by atoms with E-state index in [1.54, 1.807) is 0 Å². The number of hydrogen-bond acceptors (Lipinski definition) is 2. The first kappa shape index (κ1) is 5.69. The van der Waals surface area contributed by atoms with Gasteiger partial charge in [-0.15, -0.1) is 0 Å². The molecule has 9 heavy (non-hydrogen) atoms. The number of aliphatic hydroxyl groups is 1. The van der Waals surface area contributed by atoms with E-state index < -0.39 is 5.60 Å². The van der Waals surface area contributed by atoms with Crippen LogP contribution in [0.1, 0.15) is 19.8 Å². The Morgan fingerprint density at radius 1 is 1.67 bits per heavy atom. The van der Waals surface area contributed by atoms with Crippen LogP contribution in [-0.4, -0.2) is 23.4 Å². The standard InChI is InChI=1S/C7H12O2/c1-5-4-9-6-2-3-7(5,6)8/h5-6,8H,2-4H2,1H3/t5-,6-,7+/m1/s1. The van der Waals surface area contributed by atoms with Crippen molar-refractivity contribution in [1.82, 2.24) is 0 Å². The third kappa shape index (κ3) is 0.528. The van der Waals surface area contributed by atoms with Crippen LogP contribution in [0.15, 0.2) is 0 Å². The van der Waals surface area contributed by atoms with Crippen LogP contribution in [0, 0.1) is 5.92 Å². The Labute approximate surface area is 54.8 Å². The number of ether oxygens (including phenoxy) is 1. The first-order valence-corrected chi connectivity index (χ1v) is 3.57. The molecule has 0 spiro atoms. The van der Waals surface area contributed by atoms with Crippen molar-refractivity contribution in [3.05, 3.63) is 0 Å². The van der Waals surface area contributed by atoms with Gasteiger partial charge in [0.25, 0.3) is 0 Å². The highest BCUT2D eigenvalue weighted by atomic mass is 16.5. The Bertz CT molecular complexity index is 127. The van der Waals surface area contributed by atoms with Gasteiger partial charge in [0.15, 0.2) is 0 Å². The normalized spacial score (nSPS) is 56.7. The van der Waals surface area contributed by atoms with Gasteiger partial charge < -0.3 is 9.84 Å². The van der Waals surface area contributed by atoms with Crippen LogP contribution < -0.4 is 0 Å². The Morgan fingerprint density at radius 3 is 2.67 bits per heavy atom. The first-order valence-electron chi connectivity index (χ1n) is 3.57. The molecular weight excluding hydrogens is 116 g/mol. The predicted octanol–water partition coefficient (Wildman–Crippen LogP) is 0.546. The summed E-state index contributed by atoms with van der Waals surface area (Å²) in [7, 11) is 0. The van der Waals surface area contributed by atoms with Gasteiger partial charge in [0.2, 0.25) is 0 Å². The van der Waals surface area contributed by atoms with Crippen molar-refractivity contribution < 1.29 is 9.84 Å². The summed E-state index contributed by atoms with van der Waals surface area (Å²) in [5.41, 5.74) is -0.431. The molecule has 1 aliphatic carbocycles. The highest BCUT2D eigenvalue weighted by Crippen LogP contribution is 2.45. The summed E-state index contributed by atoms with van der Waals surface area (Å²) in [5.74, 6) is 0.358. The highest BCUT2D eigenvalue weighted by Gasteiger charge is 2.54. The fourth-order valence-electron chi connectivity index (χ4n) is 1.75. The molecule has 2 rings (SSSR count). The van der Waals surface area contributed by atoms with Crippen LogP contribution >= 0.6 is 0 Å². The van der Waals surface area contributed by atoms with Crippen LogP contribution in [0.2, 0.25) is 0 Å². The molecule has 2 fully saturated rings. The summed E-state index contributed by atoms with van der Waals surface area (Å²) in [5, 5.41) is 9.69. The zero-order chi connectivity index (χ0) is 6.48. The van der Waals surface area contributed by atoms with Gasteiger partial charge in [-0.2, -0.15) is 0 Å². The third-order valence-corrected chi connectivity index (χ3v) is 2.77. The lowest BCUT2D eigenvalue weighted by Gasteiger charge is -2.40. The minimum absolute atomic E-state index is 0.174. The second-order valence-corrected chi connectivity index (χ2v) is 3.25. The lowest BCUT2D eigenvalue weighted by Crippen LogP contribution is -2.51. The van der Waals surface area contributed by atoms with Crippen molar-refractivity contribution in [2.75, 3.05) is 6.61 Å². The Morgan fingerprint density at radius 2 is 2.44 bits per heavy atom. The van der Waals surface area contributed by atoms with Crippen molar-refractivity contribution in [2.24, 2.45) is 5.92 Å². The van der Waals surface area contributed by atoms with E-state index in [2.05, 4.69) is 6.92 Å². The summed E-state index contributed by atoms with van der Waals surface area (Å²) in [6, 6.07) is 0. The highest BCUT2D eigenvalue weighted by molar-refractivity contribution is 5.04. The number of hydrogen-bond donors (Lipinski definition) is 1. The van der Waals surface area contributed by atoms with Gasteiger partial charge in [-0.3, -0.25) is 0 Å². The van der Waals surface area contributed by atoms with Crippen LogP contribution in [0.25, 0.3) is 0 Å². The van der Waals surface area contributed by atoms with Crippen LogP contribution in [0.4, 0.5) is 0 Å². The van der Waals surface area contributed by atoms with Crippen molar-refractivity contribution in [1.29, 1.82) is 0 Å². The second kappa shape index (κ2) is 1.50. The molecule has 1 saturated heterocycles. The molecule has 1 saturated carbocycles. The Hall–Kier alpha value is -0.0800. The largest absolute Gasteiger partial charge is 0.387 e. The van der Waals surface area contributed by atoms with E-state index >= 15 is 0 Å². The fraction of sp³-hybridized carbons (Fsp3) is 1.00. The summed E-state index contributed by atoms with van der Waals surface area (Å²) in [6.07, 6.45) is 2.17. The van der Waals surface area contributed by atoms with E-state index in [-0.39, 0.29) is 6.10 Å². The zero-order valence-corrected chi connectivity index (χ0v) is 5.63. The minimum atomic E-state index is -0.431. The van der Waals surface area contributed by atoms with E-state index in [0.717, 1.165) is 19.4 Å². The number of rotatable bonds is 0. The molecule has 0 aromatic rings. The second-order valence-electron chi connectivity index (χ2n) is 3.25. The fourth-order valence-corrected chi connectivity index (χ4v) is 1.75. The molecule has 2 aliphatic rings. The minimum Gasteiger partial charge on any atom is -0.387 e. The smallest absolute Gasteiger partial charge is 0.0956 e. The summed E-state index contributed by atoms with van der Waals surface area (Å²) in [6.45, 7) is 2.81. The molecule has 0 unspecified atom stereocenters. The van der Waals surface area contributed by atoms with Gasteiger partial charge in [0.05, 0.1) is 18.3 Å². The molecule has 0 bridgehead atoms. The molecule has 0 radical (unpaired) electrons. The molecule has 1 aliphatic heterocycles. The van der Waals surface area contributed by atoms with Gasteiger partial charge >= 0.3 is 0 Å². The van der Waals surface area contributed by atoms with Crippen LogP contribution in [0.5, 0.6) is 0 Å². The van der Waals surface area contributed by atoms with Gasteiger partial charge in [-0.1, -0.05) is 6.92 Å². The maximum absolute atomic E-state index is 9.69. The first-order chi connectivity index (χ1) is 4.23. The molecule has 0 aromatic heterocycles. The maximum Gasteiger partial charge on any atom is 0.0956 e. The van der Waals surface area contributed by atoms with Crippen LogP contribution in [0.3, 0.4) is 0 Å². The van der Waals surface area contributed by atoms with E-state index in [0.29, 0.717) is 5.92 Å². The van der Waals surface area contributed by atoms with Crippen LogP contribution in [-0.2, 0) is 4.74 Å². The van der Waals surface area contributed by atoms with Crippen molar-refractivity contribution in [3.63, 3.8) is 0 Å². The predicted molar refractivity (Wildman–Crippen MR) is 33.1 cm³/mol. The topological polar surface area (TPSA) is 29.5 Å². The Balaban J connectivity index is 2.18. The monoisotopic (exact) mass is 128 g/mol. The summed E-state index contributed by atoms with van der Waals surface area (Å²) in [4.78, 5) is 0. The van der Waals surface area contributed by atoms with E-state index in [9.17, 15) is 5.11 Å². The van der Waals surface area contributed by atoms with Gasteiger partial charge in [0.1, 0.15) is 0 Å². The summed E-state index contributed by atoms with van der Waals surface area (Å²) >= 11 is 0. The van der Waals surface area contributed by atoms with Gasteiger partial charge in [0, 0.05) is 5.92 Å². The molecule has 1 N–H and O–H groups in total. The maximum atomic E-state index is 9.69. The van der Waals surface area contributed by atoms with Crippen molar-refractivity contribution in [3.8, 4) is 0 Å². The lowest BCUT2D eigenvalue weighted by atomic mass is 9.72. The molecular formula is C7H12O2. The van der Waals surface area contributed by atoms with Gasteiger partial charge in [-0.25, -0.2) is 0 Å². The van der Waals surface area contributed by atoms with E-state index in [1.807, 2.05) is 0 Å². The average Bonchev–Trinajstić information content (AvgIpc) is 1.96. The van der Waals surface area contributed by atoms with Crippen molar-refractivity contribution >= 4 is 0 Å². The lowest BCUT2D eigenvalue weighted by molar-refractivity contribution is -0.120. The van der Waals surface area contributed by atoms with Crippen molar-refractivity contribution in [2.45, 2.75) is 31.5 Å².